The predicted octanol–water partition coefficient (Wildman–Crippen LogP) is -6.37. The Bertz CT molecular complexity index is 617. The van der Waals surface area contributed by atoms with Gasteiger partial charge < -0.3 is 35.5 Å². The molecule has 0 heterocycles. The molecule has 2 atom stereocenters. The zero-order valence-corrected chi connectivity index (χ0v) is 24.1. The molecule has 0 saturated carbocycles. The van der Waals surface area contributed by atoms with Crippen molar-refractivity contribution in [1.29, 1.82) is 0 Å². The smallest absolute Gasteiger partial charge is 0.548 e. The number of hydrogen-bond acceptors (Lipinski definition) is 9. The van der Waals surface area contributed by atoms with E-state index in [-0.39, 0.29) is 78.0 Å². The molecule has 0 aliphatic carbocycles. The Morgan fingerprint density at radius 1 is 0.933 bits per heavy atom. The average Bonchev–Trinajstić information content (AvgIpc) is 2.64. The molecule has 0 unspecified atom stereocenters. The van der Waals surface area contributed by atoms with Gasteiger partial charge in [-0.05, 0) is 43.8 Å². The third kappa shape index (κ3) is 12.0. The van der Waals surface area contributed by atoms with Crippen LogP contribution in [0.15, 0.2) is 12.1 Å². The van der Waals surface area contributed by atoms with Crippen LogP contribution in [0.5, 0.6) is 5.75 Å². The van der Waals surface area contributed by atoms with Crippen molar-refractivity contribution >= 4 is 35.5 Å². The minimum atomic E-state index is -1.17. The van der Waals surface area contributed by atoms with Crippen molar-refractivity contribution in [2.24, 2.45) is 0 Å². The summed E-state index contributed by atoms with van der Waals surface area (Å²) in [6, 6.07) is 1.94. The number of phenols is 1. The number of hydrogen-bond donors (Lipinski definition) is 3. The maximum atomic E-state index is 11.3. The van der Waals surface area contributed by atoms with Crippen LogP contribution < -0.4 is 80.0 Å². The minimum Gasteiger partial charge on any atom is -0.548 e. The molecule has 11 heteroatoms. The first kappa shape index (κ1) is 32.8. The number of aromatic hydroxyl groups is 1. The number of nitrogens with one attached hydrogen (secondary N) is 2. The first-order chi connectivity index (χ1) is 13.3. The first-order valence-corrected chi connectivity index (χ1v) is 11.8. The predicted molar refractivity (Wildman–Crippen MR) is 110 cm³/mol. The van der Waals surface area contributed by atoms with E-state index in [1.165, 1.54) is 0 Å². The molecule has 158 valence electrons. The van der Waals surface area contributed by atoms with Gasteiger partial charge in [0.15, 0.2) is 0 Å². The van der Waals surface area contributed by atoms with E-state index in [9.17, 15) is 24.9 Å². The van der Waals surface area contributed by atoms with Gasteiger partial charge in [0, 0.05) is 36.3 Å². The number of carboxylic acids is 2. The van der Waals surface area contributed by atoms with Crippen LogP contribution in [0.25, 0.3) is 0 Å². The fourth-order valence-corrected chi connectivity index (χ4v) is 3.69. The van der Waals surface area contributed by atoms with Crippen LogP contribution in [0.2, 0.25) is 0 Å². The number of phenolic OH excluding ortho intramolecular Hbond substituents is 1. The molecule has 1 aromatic rings. The van der Waals surface area contributed by atoms with Crippen molar-refractivity contribution in [2.75, 3.05) is 24.0 Å². The van der Waals surface area contributed by atoms with Crippen molar-refractivity contribution in [1.82, 2.24) is 10.6 Å². The van der Waals surface area contributed by atoms with Crippen LogP contribution in [0.4, 0.5) is 0 Å². The summed E-state index contributed by atoms with van der Waals surface area (Å²) in [7, 11) is 0. The quantitative estimate of drug-likeness (QED) is 0.226. The van der Waals surface area contributed by atoms with Gasteiger partial charge in [0.25, 0.3) is 0 Å². The third-order valence-electron chi connectivity index (χ3n) is 4.28. The molecule has 7 nitrogen and oxygen atoms in total. The van der Waals surface area contributed by atoms with E-state index in [1.807, 2.05) is 19.4 Å². The summed E-state index contributed by atoms with van der Waals surface area (Å²) in [6.45, 7) is 2.20. The number of thioether (sulfide) groups is 2. The van der Waals surface area contributed by atoms with Crippen LogP contribution in [-0.2, 0) is 22.7 Å². The van der Waals surface area contributed by atoms with E-state index < -0.39 is 24.0 Å². The van der Waals surface area contributed by atoms with Crippen molar-refractivity contribution < 1.29 is 84.0 Å². The van der Waals surface area contributed by atoms with Gasteiger partial charge in [-0.2, -0.15) is 23.5 Å². The molecular weight excluding hydrogens is 446 g/mol. The van der Waals surface area contributed by atoms with E-state index in [4.69, 9.17) is 0 Å². The molecule has 0 aromatic heterocycles. The van der Waals surface area contributed by atoms with Gasteiger partial charge in [-0.25, -0.2) is 0 Å². The van der Waals surface area contributed by atoms with Gasteiger partial charge in [-0.3, -0.25) is 0 Å². The molecule has 0 bridgehead atoms. The molecule has 30 heavy (non-hydrogen) atoms. The Labute approximate surface area is 231 Å². The normalized spacial score (nSPS) is 12.4. The number of aryl methyl sites for hydroxylation is 1. The minimum absolute atomic E-state index is 0. The second-order valence-corrected chi connectivity index (χ2v) is 8.47. The molecule has 0 aliphatic rings. The Kier molecular flexibility index (Phi) is 19.7. The Morgan fingerprint density at radius 2 is 1.30 bits per heavy atom. The number of benzene rings is 1. The molecule has 0 radical (unpaired) electrons. The summed E-state index contributed by atoms with van der Waals surface area (Å²) in [5.41, 5.74) is 2.00. The second-order valence-electron chi connectivity index (χ2n) is 6.50. The molecule has 1 aromatic carbocycles. The van der Waals surface area contributed by atoms with Crippen molar-refractivity contribution in [3.8, 4) is 5.75 Å². The number of rotatable bonds is 14. The Morgan fingerprint density at radius 3 is 1.60 bits per heavy atom. The molecule has 0 fully saturated rings. The van der Waals surface area contributed by atoms with Gasteiger partial charge in [0.1, 0.15) is 5.75 Å². The monoisotopic (exact) mass is 474 g/mol. The Hall–Kier alpha value is 0.580. The number of carboxylic acid groups (broad SMARTS) is 2. The summed E-state index contributed by atoms with van der Waals surface area (Å²) < 4.78 is 0. The van der Waals surface area contributed by atoms with E-state index >= 15 is 0 Å². The molecular formula is C19H28N2Na2O5S2. The maximum absolute atomic E-state index is 11.3. The largest absolute Gasteiger partial charge is 1.00 e. The average molecular weight is 475 g/mol. The topological polar surface area (TPSA) is 125 Å². The second kappa shape index (κ2) is 18.1. The van der Waals surface area contributed by atoms with Crippen LogP contribution in [0.1, 0.15) is 29.5 Å². The van der Waals surface area contributed by atoms with Crippen molar-refractivity contribution in [3.05, 3.63) is 28.8 Å². The van der Waals surface area contributed by atoms with Gasteiger partial charge >= 0.3 is 59.1 Å². The zero-order valence-electron chi connectivity index (χ0n) is 18.4. The third-order valence-corrected chi connectivity index (χ3v) is 5.57. The summed E-state index contributed by atoms with van der Waals surface area (Å²) in [5, 5.41) is 38.9. The van der Waals surface area contributed by atoms with Crippen LogP contribution in [0, 0.1) is 6.92 Å². The van der Waals surface area contributed by atoms with E-state index in [0.29, 0.717) is 35.5 Å². The Balaban J connectivity index is 0. The standard InChI is InChI=1S/C19H30N2O5S2.2Na/c1-12-8-13(10-20-15(18(23)24)4-6-27-2)17(22)14(9-12)11-21-16(19(25)26)5-7-28-3;;/h8-9,15-16,20-22H,4-7,10-11H2,1-3H3,(H,23,24)(H,25,26);;/q;2*+1/p-2/t15-,16-;;/m0../s1. The summed E-state index contributed by atoms with van der Waals surface area (Å²) in [4.78, 5) is 22.5. The SMILES string of the molecule is CSCC[C@H](NCc1cc(C)cc(CN[C@@H](CCSC)C(=O)[O-])c1O)C(=O)[O-].[Na+].[Na+]. The molecule has 0 aliphatic heterocycles. The van der Waals surface area contributed by atoms with Crippen molar-refractivity contribution in [2.45, 2.75) is 44.9 Å². The van der Waals surface area contributed by atoms with Gasteiger partial charge in [-0.1, -0.05) is 17.7 Å². The summed E-state index contributed by atoms with van der Waals surface area (Å²) in [6.07, 6.45) is 4.65. The van der Waals surface area contributed by atoms with Crippen molar-refractivity contribution in [3.63, 3.8) is 0 Å². The fourth-order valence-electron chi connectivity index (χ4n) is 2.75. The van der Waals surface area contributed by atoms with Crippen LogP contribution in [-0.4, -0.2) is 53.1 Å². The molecule has 0 spiro atoms. The fraction of sp³-hybridized carbons (Fsp3) is 0.579. The molecule has 3 N–H and O–H groups in total. The molecule has 0 amide bonds. The van der Waals surface area contributed by atoms with Crippen LogP contribution >= 0.6 is 23.5 Å². The first-order valence-electron chi connectivity index (χ1n) is 8.97. The van der Waals surface area contributed by atoms with E-state index in [2.05, 4.69) is 10.6 Å². The van der Waals surface area contributed by atoms with Crippen LogP contribution in [0.3, 0.4) is 0 Å². The number of carbonyl (C=O) groups excluding carboxylic acids is 2. The van der Waals surface area contributed by atoms with Gasteiger partial charge in [0.05, 0.1) is 11.9 Å². The van der Waals surface area contributed by atoms with Gasteiger partial charge in [0.2, 0.25) is 0 Å². The number of aliphatic carboxylic acids is 2. The number of carbonyl (C=O) groups is 2. The summed E-state index contributed by atoms with van der Waals surface area (Å²) >= 11 is 3.10. The molecule has 1 rings (SSSR count). The van der Waals surface area contributed by atoms with Gasteiger partial charge in [-0.15, -0.1) is 0 Å². The van der Waals surface area contributed by atoms with E-state index in [1.54, 1.807) is 35.7 Å². The maximum Gasteiger partial charge on any atom is 1.00 e. The zero-order chi connectivity index (χ0) is 21.1. The van der Waals surface area contributed by atoms with E-state index in [0.717, 1.165) is 5.56 Å². The summed E-state index contributed by atoms with van der Waals surface area (Å²) in [5.74, 6) is -0.959. The molecule has 0 saturated heterocycles.